The number of hydrogen-bond donors (Lipinski definition) is 1. The molecule has 0 radical (unpaired) electrons. The molecular formula is C22H24N2O5. The Balaban J connectivity index is 1.54. The topological polar surface area (TPSA) is 84.9 Å². The van der Waals surface area contributed by atoms with Crippen molar-refractivity contribution in [2.75, 3.05) is 25.1 Å². The molecule has 1 heterocycles. The predicted molar refractivity (Wildman–Crippen MR) is 108 cm³/mol. The second kappa shape index (κ2) is 9.23. The summed E-state index contributed by atoms with van der Waals surface area (Å²) in [6.45, 7) is 4.97. The summed E-state index contributed by atoms with van der Waals surface area (Å²) in [5.74, 6) is 0.377. The molecule has 0 aromatic heterocycles. The Morgan fingerprint density at radius 2 is 1.55 bits per heavy atom. The zero-order chi connectivity index (χ0) is 20.8. The van der Waals surface area contributed by atoms with Crippen LogP contribution in [0.2, 0.25) is 0 Å². The third kappa shape index (κ3) is 4.56. The van der Waals surface area contributed by atoms with Crippen LogP contribution in [0, 0.1) is 0 Å². The molecule has 2 aromatic carbocycles. The highest BCUT2D eigenvalue weighted by Crippen LogP contribution is 2.30. The Kier molecular flexibility index (Phi) is 6.49. The van der Waals surface area contributed by atoms with Crippen molar-refractivity contribution in [1.82, 2.24) is 4.90 Å². The van der Waals surface area contributed by atoms with Crippen LogP contribution in [-0.2, 0) is 4.79 Å². The smallest absolute Gasteiger partial charge is 0.261 e. The van der Waals surface area contributed by atoms with Crippen LogP contribution in [0.3, 0.4) is 0 Å². The van der Waals surface area contributed by atoms with Gasteiger partial charge in [-0.15, -0.1) is 0 Å². The van der Waals surface area contributed by atoms with Crippen molar-refractivity contribution in [2.24, 2.45) is 0 Å². The second-order valence-electron chi connectivity index (χ2n) is 6.49. The van der Waals surface area contributed by atoms with Gasteiger partial charge in [-0.2, -0.15) is 0 Å². The Morgan fingerprint density at radius 1 is 0.931 bits per heavy atom. The lowest BCUT2D eigenvalue weighted by molar-refractivity contribution is -0.116. The quantitative estimate of drug-likeness (QED) is 0.656. The van der Waals surface area contributed by atoms with Crippen LogP contribution in [0.5, 0.6) is 11.5 Å². The van der Waals surface area contributed by atoms with Crippen molar-refractivity contribution < 1.29 is 23.9 Å². The highest BCUT2D eigenvalue weighted by Gasteiger charge is 2.34. The van der Waals surface area contributed by atoms with Gasteiger partial charge >= 0.3 is 0 Å². The van der Waals surface area contributed by atoms with Gasteiger partial charge in [-0.05, 0) is 44.5 Å². The summed E-state index contributed by atoms with van der Waals surface area (Å²) in [5, 5.41) is 2.81. The van der Waals surface area contributed by atoms with E-state index in [9.17, 15) is 14.4 Å². The normalized spacial score (nSPS) is 12.7. The van der Waals surface area contributed by atoms with E-state index < -0.39 is 0 Å². The maximum atomic E-state index is 12.3. The fourth-order valence-electron chi connectivity index (χ4n) is 3.19. The third-order valence-corrected chi connectivity index (χ3v) is 4.49. The molecule has 7 nitrogen and oxygen atoms in total. The minimum Gasteiger partial charge on any atom is -0.490 e. The van der Waals surface area contributed by atoms with E-state index in [1.807, 2.05) is 13.8 Å². The maximum Gasteiger partial charge on any atom is 0.261 e. The van der Waals surface area contributed by atoms with Gasteiger partial charge in [0.15, 0.2) is 11.5 Å². The summed E-state index contributed by atoms with van der Waals surface area (Å²) in [5.41, 5.74) is 1.43. The van der Waals surface area contributed by atoms with E-state index in [4.69, 9.17) is 9.47 Å². The minimum atomic E-state index is -0.307. The van der Waals surface area contributed by atoms with Crippen molar-refractivity contribution in [1.29, 1.82) is 0 Å². The van der Waals surface area contributed by atoms with Crippen molar-refractivity contribution in [3.05, 3.63) is 53.6 Å². The fourth-order valence-corrected chi connectivity index (χ4v) is 3.19. The number of ether oxygens (including phenoxy) is 2. The monoisotopic (exact) mass is 396 g/mol. The molecule has 0 saturated carbocycles. The fraction of sp³-hybridized carbons (Fsp3) is 0.318. The number of carbonyl (C=O) groups is 3. The molecule has 0 atom stereocenters. The number of amides is 3. The molecule has 3 amide bonds. The molecule has 2 aromatic rings. The Bertz CT molecular complexity index is 890. The standard InChI is InChI=1S/C22H24N2O5/c1-3-28-18-12-11-15(14-19(18)29-4-2)23-20(25)10-7-13-24-21(26)16-8-5-6-9-17(16)22(24)27/h5-6,8-9,11-12,14H,3-4,7,10,13H2,1-2H3,(H,23,25). The van der Waals surface area contributed by atoms with E-state index >= 15 is 0 Å². The highest BCUT2D eigenvalue weighted by molar-refractivity contribution is 6.21. The van der Waals surface area contributed by atoms with Crippen LogP contribution in [0.15, 0.2) is 42.5 Å². The van der Waals surface area contributed by atoms with E-state index in [1.165, 1.54) is 4.90 Å². The number of carbonyl (C=O) groups excluding carboxylic acids is 3. The van der Waals surface area contributed by atoms with Gasteiger partial charge in [0, 0.05) is 24.7 Å². The molecule has 0 fully saturated rings. The van der Waals surface area contributed by atoms with E-state index in [1.54, 1.807) is 42.5 Å². The molecule has 7 heteroatoms. The van der Waals surface area contributed by atoms with Gasteiger partial charge < -0.3 is 14.8 Å². The van der Waals surface area contributed by atoms with Gasteiger partial charge in [0.2, 0.25) is 5.91 Å². The zero-order valence-electron chi connectivity index (χ0n) is 16.6. The number of benzene rings is 2. The summed E-state index contributed by atoms with van der Waals surface area (Å²) in [6, 6.07) is 12.0. The largest absolute Gasteiger partial charge is 0.490 e. The molecule has 0 spiro atoms. The predicted octanol–water partition coefficient (Wildman–Crippen LogP) is 3.50. The molecule has 1 aliphatic heterocycles. The van der Waals surface area contributed by atoms with Crippen molar-refractivity contribution in [2.45, 2.75) is 26.7 Å². The van der Waals surface area contributed by atoms with E-state index in [0.29, 0.717) is 47.9 Å². The molecule has 0 unspecified atom stereocenters. The highest BCUT2D eigenvalue weighted by atomic mass is 16.5. The molecule has 152 valence electrons. The Labute approximate surface area is 169 Å². The second-order valence-corrected chi connectivity index (χ2v) is 6.49. The molecule has 0 saturated heterocycles. The van der Waals surface area contributed by atoms with Gasteiger partial charge in [0.25, 0.3) is 11.8 Å². The lowest BCUT2D eigenvalue weighted by atomic mass is 10.1. The van der Waals surface area contributed by atoms with Crippen LogP contribution in [0.25, 0.3) is 0 Å². The Hall–Kier alpha value is -3.35. The molecule has 1 aliphatic rings. The third-order valence-electron chi connectivity index (χ3n) is 4.49. The first kappa shape index (κ1) is 20.4. The van der Waals surface area contributed by atoms with Crippen molar-refractivity contribution in [3.8, 4) is 11.5 Å². The summed E-state index contributed by atoms with van der Waals surface area (Å²) >= 11 is 0. The summed E-state index contributed by atoms with van der Waals surface area (Å²) in [4.78, 5) is 38.1. The van der Waals surface area contributed by atoms with E-state index in [-0.39, 0.29) is 30.7 Å². The van der Waals surface area contributed by atoms with Crippen LogP contribution < -0.4 is 14.8 Å². The first-order valence-electron chi connectivity index (χ1n) is 9.69. The summed E-state index contributed by atoms with van der Waals surface area (Å²) < 4.78 is 11.1. The minimum absolute atomic E-state index is 0.185. The van der Waals surface area contributed by atoms with Crippen LogP contribution in [0.1, 0.15) is 47.4 Å². The van der Waals surface area contributed by atoms with Crippen LogP contribution in [0.4, 0.5) is 5.69 Å². The number of anilines is 1. The van der Waals surface area contributed by atoms with E-state index in [0.717, 1.165) is 0 Å². The number of nitrogens with zero attached hydrogens (tertiary/aromatic N) is 1. The number of hydrogen-bond acceptors (Lipinski definition) is 5. The van der Waals surface area contributed by atoms with Gasteiger partial charge in [-0.3, -0.25) is 19.3 Å². The number of rotatable bonds is 9. The zero-order valence-corrected chi connectivity index (χ0v) is 16.6. The number of nitrogens with one attached hydrogen (secondary N) is 1. The number of imide groups is 1. The molecule has 0 aliphatic carbocycles. The van der Waals surface area contributed by atoms with Crippen molar-refractivity contribution >= 4 is 23.4 Å². The SMILES string of the molecule is CCOc1ccc(NC(=O)CCCN2C(=O)c3ccccc3C2=O)cc1OCC. The Morgan fingerprint density at radius 3 is 2.17 bits per heavy atom. The van der Waals surface area contributed by atoms with Crippen LogP contribution in [-0.4, -0.2) is 42.4 Å². The lowest BCUT2D eigenvalue weighted by Gasteiger charge is -2.14. The molecular weight excluding hydrogens is 372 g/mol. The number of fused-ring (bicyclic) bond motifs is 1. The lowest BCUT2D eigenvalue weighted by Crippen LogP contribution is -2.31. The van der Waals surface area contributed by atoms with Gasteiger partial charge in [-0.1, -0.05) is 12.1 Å². The molecule has 29 heavy (non-hydrogen) atoms. The van der Waals surface area contributed by atoms with Gasteiger partial charge in [0.1, 0.15) is 0 Å². The average Bonchev–Trinajstić information content (AvgIpc) is 2.95. The van der Waals surface area contributed by atoms with Gasteiger partial charge in [0.05, 0.1) is 24.3 Å². The average molecular weight is 396 g/mol. The summed E-state index contributed by atoms with van der Waals surface area (Å²) in [6.07, 6.45) is 0.567. The molecule has 0 bridgehead atoms. The summed E-state index contributed by atoms with van der Waals surface area (Å²) in [7, 11) is 0. The van der Waals surface area contributed by atoms with E-state index in [2.05, 4.69) is 5.32 Å². The van der Waals surface area contributed by atoms with Crippen molar-refractivity contribution in [3.63, 3.8) is 0 Å². The first-order chi connectivity index (χ1) is 14.0. The maximum absolute atomic E-state index is 12.3. The first-order valence-corrected chi connectivity index (χ1v) is 9.69. The molecule has 3 rings (SSSR count). The van der Waals surface area contributed by atoms with Crippen LogP contribution >= 0.6 is 0 Å². The molecule has 1 N–H and O–H groups in total. The van der Waals surface area contributed by atoms with Gasteiger partial charge in [-0.25, -0.2) is 0 Å².